The van der Waals surface area contributed by atoms with Crippen molar-refractivity contribution in [2.75, 3.05) is 25.0 Å². The Morgan fingerprint density at radius 2 is 1.77 bits per heavy atom. The molecule has 1 aliphatic heterocycles. The average molecular weight is 619 g/mol. The summed E-state index contributed by atoms with van der Waals surface area (Å²) in [6.45, 7) is 15.6. The molecule has 1 aromatic carbocycles. The van der Waals surface area contributed by atoms with E-state index in [0.29, 0.717) is 18.0 Å². The molecule has 1 aliphatic rings. The summed E-state index contributed by atoms with van der Waals surface area (Å²) in [4.78, 5) is 53.7. The predicted molar refractivity (Wildman–Crippen MR) is 170 cm³/mol. The van der Waals surface area contributed by atoms with Crippen LogP contribution in [0, 0.1) is 17.3 Å². The normalized spacial score (nSPS) is 17.1. The molecule has 1 heterocycles. The number of amides is 4. The minimum atomic E-state index is -1.08. The molecule has 248 valence electrons. The molecule has 0 radical (unpaired) electrons. The Kier molecular flexibility index (Phi) is 13.5. The van der Waals surface area contributed by atoms with Crippen molar-refractivity contribution < 1.29 is 33.8 Å². The molecule has 4 amide bonds. The zero-order valence-electron chi connectivity index (χ0n) is 28.0. The molecule has 0 aromatic heterocycles. The van der Waals surface area contributed by atoms with Gasteiger partial charge in [-0.05, 0) is 63.5 Å². The molecule has 0 aliphatic carbocycles. The maximum atomic E-state index is 13.8. The van der Waals surface area contributed by atoms with E-state index in [4.69, 9.17) is 9.47 Å². The minimum Gasteiger partial charge on any atom is -0.477 e. The first-order chi connectivity index (χ1) is 20.5. The molecule has 0 fully saturated rings. The Morgan fingerprint density at radius 3 is 2.36 bits per heavy atom. The standard InChI is InChI=1S/C33H54N4O7/c1-10-11-16-35-29(40)22(21(2)3)17-25(38)23(36-31(42)44-32(4,5)6)18-33(7,8)19-28(39)37-20-27(30(41)34-9)43-26-15-13-12-14-24(26)37/h12-15,21-23,25,27,38H,10-11,16-20H2,1-9H3,(H,34,41)(H,35,40)(H,36,42)/t22-,23-,25-,27?/m0/s1. The van der Waals surface area contributed by atoms with Crippen molar-refractivity contribution in [1.82, 2.24) is 16.0 Å². The summed E-state index contributed by atoms with van der Waals surface area (Å²) in [6, 6.07) is 6.27. The third kappa shape index (κ3) is 11.3. The van der Waals surface area contributed by atoms with Crippen molar-refractivity contribution in [2.24, 2.45) is 17.3 Å². The molecule has 0 bridgehead atoms. The first-order valence-corrected chi connectivity index (χ1v) is 15.7. The van der Waals surface area contributed by atoms with Crippen molar-refractivity contribution in [3.8, 4) is 5.75 Å². The van der Waals surface area contributed by atoms with Gasteiger partial charge in [0.05, 0.1) is 24.4 Å². The molecule has 4 N–H and O–H groups in total. The lowest BCUT2D eigenvalue weighted by molar-refractivity contribution is -0.128. The number of para-hydroxylation sites is 2. The van der Waals surface area contributed by atoms with Gasteiger partial charge < -0.3 is 35.4 Å². The van der Waals surface area contributed by atoms with Crippen molar-refractivity contribution in [2.45, 2.75) is 111 Å². The number of fused-ring (bicyclic) bond motifs is 1. The Morgan fingerprint density at radius 1 is 1.11 bits per heavy atom. The minimum absolute atomic E-state index is 0.0438. The lowest BCUT2D eigenvalue weighted by Gasteiger charge is -2.38. The average Bonchev–Trinajstić information content (AvgIpc) is 2.92. The molecule has 11 nitrogen and oxygen atoms in total. The molecular formula is C33H54N4O7. The van der Waals surface area contributed by atoms with Gasteiger partial charge in [-0.1, -0.05) is 53.2 Å². The number of rotatable bonds is 14. The van der Waals surface area contributed by atoms with E-state index in [9.17, 15) is 24.3 Å². The van der Waals surface area contributed by atoms with Gasteiger partial charge in [-0.15, -0.1) is 0 Å². The maximum Gasteiger partial charge on any atom is 0.407 e. The molecule has 0 saturated carbocycles. The molecule has 1 aromatic rings. The fourth-order valence-corrected chi connectivity index (χ4v) is 5.31. The molecular weight excluding hydrogens is 564 g/mol. The fourth-order valence-electron chi connectivity index (χ4n) is 5.31. The van der Waals surface area contributed by atoms with Gasteiger partial charge in [0.15, 0.2) is 6.10 Å². The van der Waals surface area contributed by atoms with Crippen LogP contribution in [0.1, 0.15) is 87.5 Å². The second-order valence-electron chi connectivity index (χ2n) is 13.8. The Hall–Kier alpha value is -3.34. The van der Waals surface area contributed by atoms with Crippen LogP contribution in [0.25, 0.3) is 0 Å². The van der Waals surface area contributed by atoms with Gasteiger partial charge in [0, 0.05) is 25.9 Å². The third-order valence-electron chi connectivity index (χ3n) is 7.65. The molecule has 0 spiro atoms. The number of unbranched alkanes of at least 4 members (excludes halogenated alkanes) is 1. The zero-order chi connectivity index (χ0) is 33.2. The Balaban J connectivity index is 2.28. The number of carbonyl (C=O) groups is 4. The number of alkyl carbamates (subject to hydrolysis) is 1. The Bertz CT molecular complexity index is 1130. The van der Waals surface area contributed by atoms with Crippen LogP contribution < -0.4 is 25.6 Å². The van der Waals surface area contributed by atoms with Crippen molar-refractivity contribution >= 4 is 29.5 Å². The number of anilines is 1. The number of nitrogens with zero attached hydrogens (tertiary/aromatic N) is 1. The monoisotopic (exact) mass is 618 g/mol. The second-order valence-corrected chi connectivity index (χ2v) is 13.8. The highest BCUT2D eigenvalue weighted by Gasteiger charge is 2.38. The highest BCUT2D eigenvalue weighted by atomic mass is 16.6. The van der Waals surface area contributed by atoms with Gasteiger partial charge in [0.1, 0.15) is 11.4 Å². The van der Waals surface area contributed by atoms with Crippen LogP contribution in [0.4, 0.5) is 10.5 Å². The van der Waals surface area contributed by atoms with E-state index >= 15 is 0 Å². The Labute approximate surface area is 262 Å². The summed E-state index contributed by atoms with van der Waals surface area (Å²) in [7, 11) is 1.52. The van der Waals surface area contributed by atoms with Crippen LogP contribution in [-0.2, 0) is 19.1 Å². The first-order valence-electron chi connectivity index (χ1n) is 15.7. The number of likely N-dealkylation sites (N-methyl/N-ethyl adjacent to an activating group) is 1. The summed E-state index contributed by atoms with van der Waals surface area (Å²) in [5.74, 6) is -0.760. The van der Waals surface area contributed by atoms with Gasteiger partial charge in [0.25, 0.3) is 5.91 Å². The number of aliphatic hydroxyl groups is 1. The number of carbonyl (C=O) groups excluding carboxylic acids is 4. The van der Waals surface area contributed by atoms with E-state index in [1.54, 1.807) is 49.9 Å². The van der Waals surface area contributed by atoms with Crippen molar-refractivity contribution in [1.29, 1.82) is 0 Å². The number of ether oxygens (including phenoxy) is 2. The van der Waals surface area contributed by atoms with Crippen LogP contribution in [0.5, 0.6) is 5.75 Å². The van der Waals surface area contributed by atoms with E-state index in [-0.39, 0.29) is 49.4 Å². The summed E-state index contributed by atoms with van der Waals surface area (Å²) < 4.78 is 11.3. The van der Waals surface area contributed by atoms with E-state index in [1.165, 1.54) is 7.05 Å². The molecule has 11 heteroatoms. The van der Waals surface area contributed by atoms with E-state index in [2.05, 4.69) is 16.0 Å². The summed E-state index contributed by atoms with van der Waals surface area (Å²) in [5.41, 5.74) is -0.884. The van der Waals surface area contributed by atoms with Crippen LogP contribution in [0.3, 0.4) is 0 Å². The molecule has 2 rings (SSSR count). The number of nitrogens with one attached hydrogen (secondary N) is 3. The molecule has 44 heavy (non-hydrogen) atoms. The number of hydrogen-bond acceptors (Lipinski definition) is 7. The molecule has 0 saturated heterocycles. The zero-order valence-corrected chi connectivity index (χ0v) is 28.0. The first kappa shape index (κ1) is 36.8. The van der Waals surface area contributed by atoms with Gasteiger partial charge >= 0.3 is 6.09 Å². The lowest BCUT2D eigenvalue weighted by Crippen LogP contribution is -2.51. The van der Waals surface area contributed by atoms with Gasteiger partial charge in [-0.3, -0.25) is 14.4 Å². The molecule has 1 unspecified atom stereocenters. The van der Waals surface area contributed by atoms with Crippen LogP contribution in [0.2, 0.25) is 0 Å². The summed E-state index contributed by atoms with van der Waals surface area (Å²) in [6.07, 6.45) is -0.393. The largest absolute Gasteiger partial charge is 0.477 e. The number of benzene rings is 1. The maximum absolute atomic E-state index is 13.8. The molecule has 4 atom stereocenters. The van der Waals surface area contributed by atoms with E-state index in [0.717, 1.165) is 12.8 Å². The topological polar surface area (TPSA) is 146 Å². The van der Waals surface area contributed by atoms with Crippen molar-refractivity contribution in [3.63, 3.8) is 0 Å². The predicted octanol–water partition coefficient (Wildman–Crippen LogP) is 4.17. The quantitative estimate of drug-likeness (QED) is 0.229. The highest BCUT2D eigenvalue weighted by Crippen LogP contribution is 2.36. The van der Waals surface area contributed by atoms with E-state index < -0.39 is 41.3 Å². The number of aliphatic hydroxyl groups excluding tert-OH is 1. The van der Waals surface area contributed by atoms with Gasteiger partial charge in [-0.25, -0.2) is 4.79 Å². The van der Waals surface area contributed by atoms with Crippen molar-refractivity contribution in [3.05, 3.63) is 24.3 Å². The van der Waals surface area contributed by atoms with E-state index in [1.807, 2.05) is 34.6 Å². The van der Waals surface area contributed by atoms with Crippen LogP contribution >= 0.6 is 0 Å². The second kappa shape index (κ2) is 16.1. The lowest BCUT2D eigenvalue weighted by atomic mass is 9.78. The fraction of sp³-hybridized carbons (Fsp3) is 0.697. The number of hydrogen-bond donors (Lipinski definition) is 4. The SMILES string of the molecule is CCCCNC(=O)[C@@H](C[C@H](O)[C@H](CC(C)(C)CC(=O)N1CC(C(=O)NC)Oc2ccccc21)NC(=O)OC(C)(C)C)C(C)C. The third-order valence-corrected chi connectivity index (χ3v) is 7.65. The van der Waals surface area contributed by atoms with Crippen LogP contribution in [-0.4, -0.2) is 72.9 Å². The smallest absolute Gasteiger partial charge is 0.407 e. The van der Waals surface area contributed by atoms with Crippen LogP contribution in [0.15, 0.2) is 24.3 Å². The summed E-state index contributed by atoms with van der Waals surface area (Å²) in [5, 5.41) is 19.9. The highest BCUT2D eigenvalue weighted by molar-refractivity contribution is 5.97. The van der Waals surface area contributed by atoms with Gasteiger partial charge in [-0.2, -0.15) is 0 Å². The van der Waals surface area contributed by atoms with Gasteiger partial charge in [0.2, 0.25) is 11.8 Å². The summed E-state index contributed by atoms with van der Waals surface area (Å²) >= 11 is 0.